The summed E-state index contributed by atoms with van der Waals surface area (Å²) in [5.74, 6) is 0. The van der Waals surface area contributed by atoms with Crippen LogP contribution in [0.4, 0.5) is 4.79 Å². The van der Waals surface area contributed by atoms with Crippen molar-refractivity contribution in [1.29, 1.82) is 0 Å². The molecule has 0 bridgehead atoms. The fourth-order valence-electron chi connectivity index (χ4n) is 2.67. The van der Waals surface area contributed by atoms with E-state index in [1.54, 1.807) is 0 Å². The van der Waals surface area contributed by atoms with Crippen molar-refractivity contribution in [1.82, 2.24) is 10.2 Å². The first-order valence-corrected chi connectivity index (χ1v) is 6.36. The zero-order valence-corrected chi connectivity index (χ0v) is 10.3. The Bertz CT molecular complexity index is 270. The van der Waals surface area contributed by atoms with Crippen LogP contribution in [0.2, 0.25) is 0 Å². The van der Waals surface area contributed by atoms with Gasteiger partial charge in [-0.2, -0.15) is 0 Å². The van der Waals surface area contributed by atoms with Gasteiger partial charge in [0, 0.05) is 19.0 Å². The quantitative estimate of drug-likeness (QED) is 0.780. The Morgan fingerprint density at radius 3 is 2.94 bits per heavy atom. The highest BCUT2D eigenvalue weighted by atomic mass is 16.6. The number of hydrogen-bond donors (Lipinski definition) is 1. The van der Waals surface area contributed by atoms with E-state index in [0.29, 0.717) is 12.6 Å². The Labute approximate surface area is 97.3 Å². The Morgan fingerprint density at radius 2 is 2.31 bits per heavy atom. The second-order valence-electron chi connectivity index (χ2n) is 5.07. The van der Waals surface area contributed by atoms with E-state index in [0.717, 1.165) is 32.4 Å². The number of carbonyl (C=O) groups is 1. The van der Waals surface area contributed by atoms with Crippen LogP contribution in [0, 0.1) is 0 Å². The molecule has 1 spiro atoms. The average molecular weight is 226 g/mol. The monoisotopic (exact) mass is 226 g/mol. The van der Waals surface area contributed by atoms with Crippen LogP contribution in [0.15, 0.2) is 0 Å². The number of nitrogens with zero attached hydrogens (tertiary/aromatic N) is 1. The molecule has 2 aliphatic heterocycles. The van der Waals surface area contributed by atoms with Gasteiger partial charge in [-0.25, -0.2) is 4.79 Å². The van der Waals surface area contributed by atoms with Crippen LogP contribution >= 0.6 is 0 Å². The number of alkyl carbamates (subject to hydrolysis) is 1. The Morgan fingerprint density at radius 1 is 1.50 bits per heavy atom. The van der Waals surface area contributed by atoms with E-state index in [1.807, 2.05) is 0 Å². The molecule has 2 heterocycles. The molecule has 0 saturated carbocycles. The van der Waals surface area contributed by atoms with Gasteiger partial charge >= 0.3 is 6.09 Å². The Hall–Kier alpha value is -0.770. The smallest absolute Gasteiger partial charge is 0.407 e. The fourth-order valence-corrected chi connectivity index (χ4v) is 2.67. The van der Waals surface area contributed by atoms with Gasteiger partial charge in [0.2, 0.25) is 0 Å². The van der Waals surface area contributed by atoms with Gasteiger partial charge in [-0.1, -0.05) is 6.92 Å². The first-order valence-electron chi connectivity index (χ1n) is 6.36. The third-order valence-corrected chi connectivity index (χ3v) is 4.01. The maximum Gasteiger partial charge on any atom is 0.407 e. The lowest BCUT2D eigenvalue weighted by atomic mass is 9.95. The van der Waals surface area contributed by atoms with Gasteiger partial charge in [0.25, 0.3) is 0 Å². The third-order valence-electron chi connectivity index (χ3n) is 4.01. The fraction of sp³-hybridized carbons (Fsp3) is 0.917. The van der Waals surface area contributed by atoms with Crippen molar-refractivity contribution in [2.75, 3.05) is 19.6 Å². The zero-order valence-electron chi connectivity index (χ0n) is 10.3. The van der Waals surface area contributed by atoms with E-state index in [9.17, 15) is 4.79 Å². The average Bonchev–Trinajstić information content (AvgIpc) is 2.52. The van der Waals surface area contributed by atoms with E-state index >= 15 is 0 Å². The number of rotatable bonds is 2. The molecule has 0 aliphatic carbocycles. The van der Waals surface area contributed by atoms with Gasteiger partial charge in [0.15, 0.2) is 0 Å². The SMILES string of the molecule is CCC(C)N1CCCC2(CC1)CNC(=O)O2. The highest BCUT2D eigenvalue weighted by Crippen LogP contribution is 2.29. The topological polar surface area (TPSA) is 41.6 Å². The summed E-state index contributed by atoms with van der Waals surface area (Å²) in [6.45, 7) is 7.37. The molecule has 4 nitrogen and oxygen atoms in total. The van der Waals surface area contributed by atoms with Crippen molar-refractivity contribution in [2.24, 2.45) is 0 Å². The van der Waals surface area contributed by atoms with Crippen molar-refractivity contribution in [3.63, 3.8) is 0 Å². The first-order chi connectivity index (χ1) is 7.65. The van der Waals surface area contributed by atoms with Crippen LogP contribution in [0.3, 0.4) is 0 Å². The van der Waals surface area contributed by atoms with E-state index in [2.05, 4.69) is 24.1 Å². The summed E-state index contributed by atoms with van der Waals surface area (Å²) in [4.78, 5) is 13.7. The summed E-state index contributed by atoms with van der Waals surface area (Å²) in [6.07, 6.45) is 4.04. The van der Waals surface area contributed by atoms with Crippen molar-refractivity contribution in [3.05, 3.63) is 0 Å². The lowest BCUT2D eigenvalue weighted by Gasteiger charge is -2.28. The van der Waals surface area contributed by atoms with Crippen LogP contribution in [0.5, 0.6) is 0 Å². The van der Waals surface area contributed by atoms with Gasteiger partial charge in [-0.15, -0.1) is 0 Å². The molecule has 0 aromatic carbocycles. The minimum atomic E-state index is -0.239. The summed E-state index contributed by atoms with van der Waals surface area (Å²) in [5, 5.41) is 2.79. The lowest BCUT2D eigenvalue weighted by Crippen LogP contribution is -2.37. The maximum absolute atomic E-state index is 11.2. The first kappa shape index (κ1) is 11.7. The zero-order chi connectivity index (χ0) is 11.6. The molecule has 16 heavy (non-hydrogen) atoms. The van der Waals surface area contributed by atoms with Crippen LogP contribution < -0.4 is 5.32 Å². The Balaban J connectivity index is 1.95. The number of likely N-dealkylation sites (tertiary alicyclic amines) is 1. The molecule has 2 aliphatic rings. The highest BCUT2D eigenvalue weighted by molar-refractivity contribution is 5.70. The Kier molecular flexibility index (Phi) is 3.38. The predicted molar refractivity (Wildman–Crippen MR) is 62.4 cm³/mol. The molecule has 0 aromatic heterocycles. The number of hydrogen-bond acceptors (Lipinski definition) is 3. The predicted octanol–water partition coefficient (Wildman–Crippen LogP) is 1.75. The summed E-state index contributed by atoms with van der Waals surface area (Å²) in [7, 11) is 0. The number of amides is 1. The largest absolute Gasteiger partial charge is 0.441 e. The lowest BCUT2D eigenvalue weighted by molar-refractivity contribution is 0.0434. The molecule has 2 atom stereocenters. The summed E-state index contributed by atoms with van der Waals surface area (Å²) < 4.78 is 5.45. The number of nitrogens with one attached hydrogen (secondary N) is 1. The molecule has 92 valence electrons. The molecule has 0 radical (unpaired) electrons. The normalized spacial score (nSPS) is 33.2. The molecule has 2 unspecified atom stereocenters. The highest BCUT2D eigenvalue weighted by Gasteiger charge is 2.41. The van der Waals surface area contributed by atoms with E-state index in [4.69, 9.17) is 4.74 Å². The molecule has 2 rings (SSSR count). The van der Waals surface area contributed by atoms with Crippen LogP contribution in [0.1, 0.15) is 39.5 Å². The van der Waals surface area contributed by atoms with Crippen molar-refractivity contribution in [2.45, 2.75) is 51.2 Å². The van der Waals surface area contributed by atoms with Crippen LogP contribution in [0.25, 0.3) is 0 Å². The number of carbonyl (C=O) groups excluding carboxylic acids is 1. The van der Waals surface area contributed by atoms with Gasteiger partial charge in [-0.3, -0.25) is 0 Å². The van der Waals surface area contributed by atoms with Crippen molar-refractivity contribution >= 4 is 6.09 Å². The summed E-state index contributed by atoms with van der Waals surface area (Å²) in [6, 6.07) is 0.639. The summed E-state index contributed by atoms with van der Waals surface area (Å²) in [5.41, 5.74) is -0.209. The van der Waals surface area contributed by atoms with E-state index < -0.39 is 0 Å². The van der Waals surface area contributed by atoms with Crippen molar-refractivity contribution in [3.8, 4) is 0 Å². The van der Waals surface area contributed by atoms with Crippen molar-refractivity contribution < 1.29 is 9.53 Å². The molecule has 2 saturated heterocycles. The maximum atomic E-state index is 11.2. The second-order valence-corrected chi connectivity index (χ2v) is 5.07. The molecule has 0 aromatic rings. The molecule has 2 fully saturated rings. The standard InChI is InChI=1S/C12H22N2O2/c1-3-10(2)14-7-4-5-12(6-8-14)9-13-11(15)16-12/h10H,3-9H2,1-2H3,(H,13,15). The van der Waals surface area contributed by atoms with E-state index in [1.165, 1.54) is 6.42 Å². The third kappa shape index (κ3) is 2.32. The minimum absolute atomic E-state index is 0.209. The van der Waals surface area contributed by atoms with E-state index in [-0.39, 0.29) is 11.7 Å². The molecular formula is C12H22N2O2. The van der Waals surface area contributed by atoms with Gasteiger partial charge in [-0.05, 0) is 32.7 Å². The van der Waals surface area contributed by atoms with Crippen LogP contribution in [-0.4, -0.2) is 42.3 Å². The molecule has 4 heteroatoms. The molecule has 1 amide bonds. The minimum Gasteiger partial charge on any atom is -0.441 e. The van der Waals surface area contributed by atoms with Gasteiger partial charge in [0.05, 0.1) is 6.54 Å². The van der Waals surface area contributed by atoms with Crippen LogP contribution in [-0.2, 0) is 4.74 Å². The molecule has 1 N–H and O–H groups in total. The van der Waals surface area contributed by atoms with Gasteiger partial charge in [0.1, 0.15) is 5.60 Å². The van der Waals surface area contributed by atoms with Gasteiger partial charge < -0.3 is 15.0 Å². The molecular weight excluding hydrogens is 204 g/mol. The second kappa shape index (κ2) is 4.62. The number of ether oxygens (including phenoxy) is 1. The summed E-state index contributed by atoms with van der Waals surface area (Å²) >= 11 is 0.